The van der Waals surface area contributed by atoms with Gasteiger partial charge >= 0.3 is 0 Å². The van der Waals surface area contributed by atoms with E-state index >= 15 is 0 Å². The van der Waals surface area contributed by atoms with Crippen LogP contribution in [0.4, 0.5) is 5.69 Å². The summed E-state index contributed by atoms with van der Waals surface area (Å²) in [6, 6.07) is 8.48. The summed E-state index contributed by atoms with van der Waals surface area (Å²) in [5.41, 5.74) is 2.50. The van der Waals surface area contributed by atoms with Crippen molar-refractivity contribution in [2.75, 3.05) is 19.0 Å². The molecule has 0 aliphatic carbocycles. The van der Waals surface area contributed by atoms with Gasteiger partial charge in [-0.2, -0.15) is 0 Å². The molecule has 78 valence electrons. The summed E-state index contributed by atoms with van der Waals surface area (Å²) in [5.74, 6) is 1.01. The molecule has 2 aromatic rings. The molecule has 3 heteroatoms. The maximum atomic E-state index is 4.22. The maximum absolute atomic E-state index is 4.22. The third-order valence-corrected chi connectivity index (χ3v) is 2.35. The molecule has 0 saturated carbocycles. The number of hydrogen-bond donors (Lipinski definition) is 1. The van der Waals surface area contributed by atoms with Gasteiger partial charge in [-0.25, -0.2) is 4.98 Å². The Labute approximate surface area is 89.8 Å². The predicted molar refractivity (Wildman–Crippen MR) is 62.2 cm³/mol. The number of nitrogens with zero attached hydrogens (tertiary/aromatic N) is 2. The third-order valence-electron chi connectivity index (χ3n) is 2.35. The predicted octanol–water partition coefficient (Wildman–Crippen LogP) is 2.07. The molecule has 1 aromatic heterocycles. The van der Waals surface area contributed by atoms with Crippen molar-refractivity contribution in [3.8, 4) is 0 Å². The van der Waals surface area contributed by atoms with Crippen molar-refractivity contribution in [3.05, 3.63) is 48.0 Å². The van der Waals surface area contributed by atoms with Crippen LogP contribution in [0.15, 0.2) is 36.7 Å². The molecular weight excluding hydrogens is 186 g/mol. The van der Waals surface area contributed by atoms with Crippen LogP contribution in [-0.2, 0) is 6.42 Å². The normalized spacial score (nSPS) is 10.3. The number of hydrogen-bond acceptors (Lipinski definition) is 2. The fraction of sp³-hybridized carbons (Fsp3) is 0.250. The number of aromatic nitrogens is 2. The van der Waals surface area contributed by atoms with Gasteiger partial charge in [0.2, 0.25) is 0 Å². The Morgan fingerprint density at radius 2 is 2.20 bits per heavy atom. The van der Waals surface area contributed by atoms with E-state index in [0.717, 1.165) is 12.2 Å². The number of nitrogens with one attached hydrogen (secondary N) is 1. The van der Waals surface area contributed by atoms with E-state index in [0.29, 0.717) is 0 Å². The minimum Gasteiger partial charge on any atom is -0.378 e. The molecule has 0 aliphatic heterocycles. The molecular formula is C12H15N3. The number of rotatable bonds is 3. The summed E-state index contributed by atoms with van der Waals surface area (Å²) in [5, 5.41) is 0. The van der Waals surface area contributed by atoms with Crippen LogP contribution in [0, 0.1) is 0 Å². The number of anilines is 1. The van der Waals surface area contributed by atoms with Crippen molar-refractivity contribution in [2.24, 2.45) is 0 Å². The Bertz CT molecular complexity index is 418. The van der Waals surface area contributed by atoms with Gasteiger partial charge in [-0.1, -0.05) is 12.1 Å². The van der Waals surface area contributed by atoms with Crippen LogP contribution in [0.2, 0.25) is 0 Å². The van der Waals surface area contributed by atoms with E-state index in [1.165, 1.54) is 11.3 Å². The van der Waals surface area contributed by atoms with Crippen molar-refractivity contribution in [1.82, 2.24) is 9.97 Å². The molecule has 1 aromatic carbocycles. The molecule has 0 saturated heterocycles. The van der Waals surface area contributed by atoms with Crippen LogP contribution in [0.1, 0.15) is 11.4 Å². The Morgan fingerprint density at radius 3 is 2.87 bits per heavy atom. The summed E-state index contributed by atoms with van der Waals surface area (Å²) >= 11 is 0. The van der Waals surface area contributed by atoms with E-state index in [1.807, 2.05) is 20.3 Å². The Hall–Kier alpha value is -1.77. The van der Waals surface area contributed by atoms with Crippen molar-refractivity contribution in [3.63, 3.8) is 0 Å². The van der Waals surface area contributed by atoms with Gasteiger partial charge in [-0.05, 0) is 17.7 Å². The molecule has 0 unspecified atom stereocenters. The van der Waals surface area contributed by atoms with Gasteiger partial charge in [0, 0.05) is 38.6 Å². The lowest BCUT2D eigenvalue weighted by atomic mass is 10.1. The van der Waals surface area contributed by atoms with Crippen LogP contribution in [0.5, 0.6) is 0 Å². The minimum absolute atomic E-state index is 0.856. The van der Waals surface area contributed by atoms with Crippen LogP contribution < -0.4 is 4.90 Å². The van der Waals surface area contributed by atoms with E-state index in [1.54, 1.807) is 6.20 Å². The van der Waals surface area contributed by atoms with Crippen LogP contribution in [-0.4, -0.2) is 24.1 Å². The average Bonchev–Trinajstić information content (AvgIpc) is 2.71. The van der Waals surface area contributed by atoms with Crippen molar-refractivity contribution in [1.29, 1.82) is 0 Å². The smallest absolute Gasteiger partial charge is 0.110 e. The van der Waals surface area contributed by atoms with E-state index in [2.05, 4.69) is 39.1 Å². The lowest BCUT2D eigenvalue weighted by molar-refractivity contribution is 1.02. The van der Waals surface area contributed by atoms with Gasteiger partial charge in [0.1, 0.15) is 5.82 Å². The monoisotopic (exact) mass is 201 g/mol. The summed E-state index contributed by atoms with van der Waals surface area (Å²) in [7, 11) is 4.10. The first-order chi connectivity index (χ1) is 7.25. The molecule has 2 rings (SSSR count). The second-order valence-electron chi connectivity index (χ2n) is 3.78. The van der Waals surface area contributed by atoms with Gasteiger partial charge in [0.15, 0.2) is 0 Å². The zero-order valence-electron chi connectivity index (χ0n) is 9.07. The van der Waals surface area contributed by atoms with E-state index < -0.39 is 0 Å². The second kappa shape index (κ2) is 4.17. The zero-order valence-corrected chi connectivity index (χ0v) is 9.07. The van der Waals surface area contributed by atoms with Crippen LogP contribution >= 0.6 is 0 Å². The van der Waals surface area contributed by atoms with Crippen LogP contribution in [0.3, 0.4) is 0 Å². The first-order valence-corrected chi connectivity index (χ1v) is 5.00. The van der Waals surface area contributed by atoms with E-state index in [9.17, 15) is 0 Å². The summed E-state index contributed by atoms with van der Waals surface area (Å²) in [6.45, 7) is 0. The highest BCUT2D eigenvalue weighted by Gasteiger charge is 2.00. The molecule has 0 radical (unpaired) electrons. The molecule has 1 N–H and O–H groups in total. The highest BCUT2D eigenvalue weighted by Crippen LogP contribution is 2.15. The number of aromatic amines is 1. The Kier molecular flexibility index (Phi) is 2.72. The fourth-order valence-electron chi connectivity index (χ4n) is 1.53. The summed E-state index contributed by atoms with van der Waals surface area (Å²) in [6.07, 6.45) is 4.49. The molecule has 0 atom stereocenters. The second-order valence-corrected chi connectivity index (χ2v) is 3.78. The number of imidazole rings is 1. The molecule has 0 spiro atoms. The zero-order chi connectivity index (χ0) is 10.7. The molecule has 0 fully saturated rings. The quantitative estimate of drug-likeness (QED) is 0.824. The first kappa shape index (κ1) is 9.77. The van der Waals surface area contributed by atoms with Gasteiger partial charge in [0.25, 0.3) is 0 Å². The number of H-pyrrole nitrogens is 1. The third kappa shape index (κ3) is 2.37. The molecule has 3 nitrogen and oxygen atoms in total. The molecule has 0 aliphatic rings. The summed E-state index contributed by atoms with van der Waals surface area (Å²) < 4.78 is 0. The van der Waals surface area contributed by atoms with Gasteiger partial charge < -0.3 is 9.88 Å². The van der Waals surface area contributed by atoms with Crippen molar-refractivity contribution in [2.45, 2.75) is 6.42 Å². The largest absolute Gasteiger partial charge is 0.378 e. The lowest BCUT2D eigenvalue weighted by Crippen LogP contribution is -2.08. The van der Waals surface area contributed by atoms with Crippen molar-refractivity contribution < 1.29 is 0 Å². The molecule has 1 heterocycles. The standard InChI is InChI=1S/C12H15N3/c1-15(2)11-5-3-4-10(8-11)9-12-13-6-7-14-12/h3-8H,9H2,1-2H3,(H,13,14). The van der Waals surface area contributed by atoms with Gasteiger partial charge in [-0.15, -0.1) is 0 Å². The van der Waals surface area contributed by atoms with E-state index in [4.69, 9.17) is 0 Å². The minimum atomic E-state index is 0.856. The van der Waals surface area contributed by atoms with Crippen molar-refractivity contribution >= 4 is 5.69 Å². The molecule has 15 heavy (non-hydrogen) atoms. The first-order valence-electron chi connectivity index (χ1n) is 5.00. The maximum Gasteiger partial charge on any atom is 0.110 e. The Morgan fingerprint density at radius 1 is 1.33 bits per heavy atom. The highest BCUT2D eigenvalue weighted by molar-refractivity contribution is 5.47. The topological polar surface area (TPSA) is 31.9 Å². The molecule has 0 amide bonds. The van der Waals surface area contributed by atoms with E-state index in [-0.39, 0.29) is 0 Å². The van der Waals surface area contributed by atoms with Gasteiger partial charge in [0.05, 0.1) is 0 Å². The van der Waals surface area contributed by atoms with Crippen LogP contribution in [0.25, 0.3) is 0 Å². The SMILES string of the molecule is CN(C)c1cccc(Cc2ncc[nH]2)c1. The lowest BCUT2D eigenvalue weighted by Gasteiger charge is -2.13. The average molecular weight is 201 g/mol. The Balaban J connectivity index is 2.18. The fourth-order valence-corrected chi connectivity index (χ4v) is 1.53. The number of benzene rings is 1. The molecule has 0 bridgehead atoms. The van der Waals surface area contributed by atoms with Gasteiger partial charge in [-0.3, -0.25) is 0 Å². The highest BCUT2D eigenvalue weighted by atomic mass is 15.1. The summed E-state index contributed by atoms with van der Waals surface area (Å²) in [4.78, 5) is 9.43.